The fraction of sp³-hybridized carbons (Fsp3) is 0.267. The van der Waals surface area contributed by atoms with E-state index in [1.54, 1.807) is 4.90 Å². The number of hydrazine groups is 1. The topological polar surface area (TPSA) is 54.2 Å². The SMILES string of the molecule is CC1CCc2ccccc2N1c1nc(NN)c(F)cc1F. The van der Waals surface area contributed by atoms with Crippen molar-refractivity contribution < 1.29 is 8.78 Å². The van der Waals surface area contributed by atoms with Gasteiger partial charge in [0.1, 0.15) is 0 Å². The van der Waals surface area contributed by atoms with E-state index < -0.39 is 11.6 Å². The quantitative estimate of drug-likeness (QED) is 0.659. The lowest BCUT2D eigenvalue weighted by molar-refractivity contribution is 0.555. The van der Waals surface area contributed by atoms with Crippen LogP contribution in [-0.4, -0.2) is 11.0 Å². The second-order valence-electron chi connectivity index (χ2n) is 5.15. The minimum Gasteiger partial charge on any atom is -0.321 e. The van der Waals surface area contributed by atoms with Gasteiger partial charge in [0.25, 0.3) is 0 Å². The molecule has 2 aromatic rings. The van der Waals surface area contributed by atoms with Gasteiger partial charge >= 0.3 is 0 Å². The van der Waals surface area contributed by atoms with Gasteiger partial charge in [-0.1, -0.05) is 18.2 Å². The molecular weight excluding hydrogens is 274 g/mol. The van der Waals surface area contributed by atoms with E-state index in [2.05, 4.69) is 10.4 Å². The van der Waals surface area contributed by atoms with E-state index in [4.69, 9.17) is 5.84 Å². The fourth-order valence-electron chi connectivity index (χ4n) is 2.74. The number of benzene rings is 1. The van der Waals surface area contributed by atoms with E-state index in [1.807, 2.05) is 31.2 Å². The molecule has 0 saturated heterocycles. The van der Waals surface area contributed by atoms with Crippen molar-refractivity contribution in [1.82, 2.24) is 4.98 Å². The Balaban J connectivity index is 2.15. The molecular formula is C15H16F2N4. The third kappa shape index (κ3) is 2.31. The van der Waals surface area contributed by atoms with E-state index in [1.165, 1.54) is 0 Å². The van der Waals surface area contributed by atoms with Crippen LogP contribution in [0.5, 0.6) is 0 Å². The van der Waals surface area contributed by atoms with Crippen LogP contribution in [0.2, 0.25) is 0 Å². The molecule has 3 rings (SSSR count). The van der Waals surface area contributed by atoms with E-state index >= 15 is 0 Å². The summed E-state index contributed by atoms with van der Waals surface area (Å²) in [5, 5.41) is 0. The molecule has 1 aliphatic heterocycles. The van der Waals surface area contributed by atoms with Gasteiger partial charge in [-0.2, -0.15) is 0 Å². The number of fused-ring (bicyclic) bond motifs is 1. The first-order valence-corrected chi connectivity index (χ1v) is 6.81. The summed E-state index contributed by atoms with van der Waals surface area (Å²) in [5.74, 6) is 3.65. The molecule has 110 valence electrons. The highest BCUT2D eigenvalue weighted by molar-refractivity contribution is 5.67. The highest BCUT2D eigenvalue weighted by atomic mass is 19.1. The van der Waals surface area contributed by atoms with Crippen LogP contribution in [0.1, 0.15) is 18.9 Å². The van der Waals surface area contributed by atoms with Crippen LogP contribution in [0.15, 0.2) is 30.3 Å². The van der Waals surface area contributed by atoms with Crippen LogP contribution in [-0.2, 0) is 6.42 Å². The number of anilines is 3. The normalized spacial score (nSPS) is 17.5. The number of nitrogens with two attached hydrogens (primary N) is 1. The van der Waals surface area contributed by atoms with Gasteiger partial charge in [-0.25, -0.2) is 19.6 Å². The Kier molecular flexibility index (Phi) is 3.47. The molecule has 1 aliphatic rings. The molecule has 21 heavy (non-hydrogen) atoms. The zero-order chi connectivity index (χ0) is 15.0. The number of aromatic nitrogens is 1. The van der Waals surface area contributed by atoms with Gasteiger partial charge in [-0.05, 0) is 31.4 Å². The Bertz CT molecular complexity index is 675. The summed E-state index contributed by atoms with van der Waals surface area (Å²) >= 11 is 0. The average Bonchev–Trinajstić information content (AvgIpc) is 2.48. The summed E-state index contributed by atoms with van der Waals surface area (Å²) in [4.78, 5) is 5.80. The van der Waals surface area contributed by atoms with Gasteiger partial charge < -0.3 is 10.3 Å². The molecule has 3 N–H and O–H groups in total. The molecule has 1 atom stereocenters. The maximum atomic E-state index is 14.2. The van der Waals surface area contributed by atoms with Crippen LogP contribution < -0.4 is 16.2 Å². The molecule has 4 nitrogen and oxygen atoms in total. The summed E-state index contributed by atoms with van der Waals surface area (Å²) in [5.41, 5.74) is 4.19. The predicted molar refractivity (Wildman–Crippen MR) is 78.3 cm³/mol. The number of pyridine rings is 1. The first-order chi connectivity index (χ1) is 10.1. The number of hydrogen-bond acceptors (Lipinski definition) is 4. The molecule has 1 aromatic heterocycles. The van der Waals surface area contributed by atoms with Gasteiger partial charge in [0.15, 0.2) is 23.3 Å². The lowest BCUT2D eigenvalue weighted by Crippen LogP contribution is -2.34. The van der Waals surface area contributed by atoms with Crippen molar-refractivity contribution in [2.75, 3.05) is 10.3 Å². The zero-order valence-electron chi connectivity index (χ0n) is 11.6. The van der Waals surface area contributed by atoms with Gasteiger partial charge in [-0.3, -0.25) is 0 Å². The molecule has 0 aliphatic carbocycles. The molecule has 0 fully saturated rings. The Hall–Kier alpha value is -2.21. The molecule has 0 spiro atoms. The van der Waals surface area contributed by atoms with Crippen LogP contribution in [0.3, 0.4) is 0 Å². The van der Waals surface area contributed by atoms with Crippen LogP contribution in [0.4, 0.5) is 26.1 Å². The van der Waals surface area contributed by atoms with Gasteiger partial charge in [0, 0.05) is 17.8 Å². The summed E-state index contributed by atoms with van der Waals surface area (Å²) in [7, 11) is 0. The number of para-hydroxylation sites is 1. The van der Waals surface area contributed by atoms with Crippen LogP contribution in [0.25, 0.3) is 0 Å². The standard InChI is InChI=1S/C15H16F2N4/c1-9-6-7-10-4-2-3-5-13(10)21(9)15-12(17)8-11(16)14(19-15)20-18/h2-5,8-9H,6-7,18H2,1H3,(H,19,20). The monoisotopic (exact) mass is 290 g/mol. The lowest BCUT2D eigenvalue weighted by Gasteiger charge is -2.36. The number of nitrogens with zero attached hydrogens (tertiary/aromatic N) is 2. The van der Waals surface area contributed by atoms with E-state index in [9.17, 15) is 8.78 Å². The first-order valence-electron chi connectivity index (χ1n) is 6.81. The highest BCUT2D eigenvalue weighted by Gasteiger charge is 2.28. The number of rotatable bonds is 2. The number of halogens is 2. The van der Waals surface area contributed by atoms with Crippen molar-refractivity contribution >= 4 is 17.3 Å². The molecule has 6 heteroatoms. The minimum absolute atomic E-state index is 0.0676. The van der Waals surface area contributed by atoms with Crippen molar-refractivity contribution in [3.05, 3.63) is 47.5 Å². The van der Waals surface area contributed by atoms with E-state index in [0.29, 0.717) is 0 Å². The smallest absolute Gasteiger partial charge is 0.178 e. The largest absolute Gasteiger partial charge is 0.321 e. The maximum absolute atomic E-state index is 14.2. The van der Waals surface area contributed by atoms with Crippen LogP contribution in [0, 0.1) is 11.6 Å². The van der Waals surface area contributed by atoms with Crippen molar-refractivity contribution in [1.29, 1.82) is 0 Å². The van der Waals surface area contributed by atoms with Crippen molar-refractivity contribution in [2.45, 2.75) is 25.8 Å². The Morgan fingerprint density at radius 2 is 2.05 bits per heavy atom. The molecule has 0 radical (unpaired) electrons. The fourth-order valence-corrected chi connectivity index (χ4v) is 2.74. The Morgan fingerprint density at radius 1 is 1.29 bits per heavy atom. The van der Waals surface area contributed by atoms with E-state index in [-0.39, 0.29) is 17.7 Å². The number of nitrogens with one attached hydrogen (secondary N) is 1. The van der Waals surface area contributed by atoms with Gasteiger partial charge in [-0.15, -0.1) is 0 Å². The van der Waals surface area contributed by atoms with Crippen molar-refractivity contribution in [2.24, 2.45) is 5.84 Å². The van der Waals surface area contributed by atoms with Gasteiger partial charge in [0.2, 0.25) is 0 Å². The Morgan fingerprint density at radius 3 is 2.81 bits per heavy atom. The van der Waals surface area contributed by atoms with Crippen molar-refractivity contribution in [3.8, 4) is 0 Å². The molecule has 2 heterocycles. The molecule has 1 aromatic carbocycles. The number of nitrogen functional groups attached to an aromatic ring is 1. The summed E-state index contributed by atoms with van der Waals surface area (Å²) in [6.45, 7) is 2.00. The molecule has 0 bridgehead atoms. The third-order valence-corrected chi connectivity index (χ3v) is 3.80. The number of hydrogen-bond donors (Lipinski definition) is 2. The molecule has 0 saturated carbocycles. The summed E-state index contributed by atoms with van der Waals surface area (Å²) < 4.78 is 27.7. The summed E-state index contributed by atoms with van der Waals surface area (Å²) in [6.07, 6.45) is 1.81. The lowest BCUT2D eigenvalue weighted by atomic mass is 9.96. The molecule has 0 amide bonds. The summed E-state index contributed by atoms with van der Waals surface area (Å²) in [6, 6.07) is 8.66. The molecule has 1 unspecified atom stereocenters. The predicted octanol–water partition coefficient (Wildman–Crippen LogP) is 3.12. The van der Waals surface area contributed by atoms with Crippen molar-refractivity contribution in [3.63, 3.8) is 0 Å². The highest BCUT2D eigenvalue weighted by Crippen LogP contribution is 2.37. The van der Waals surface area contributed by atoms with E-state index in [0.717, 1.165) is 30.2 Å². The van der Waals surface area contributed by atoms with Gasteiger partial charge in [0.05, 0.1) is 0 Å². The second kappa shape index (κ2) is 5.29. The minimum atomic E-state index is -0.809. The zero-order valence-corrected chi connectivity index (χ0v) is 11.6. The second-order valence-corrected chi connectivity index (χ2v) is 5.15. The average molecular weight is 290 g/mol. The first kappa shape index (κ1) is 13.8. The number of aryl methyl sites for hydroxylation is 1. The van der Waals surface area contributed by atoms with Crippen LogP contribution >= 0.6 is 0 Å². The maximum Gasteiger partial charge on any atom is 0.178 e. The third-order valence-electron chi connectivity index (χ3n) is 3.80. The Labute approximate surface area is 121 Å².